The average Bonchev–Trinajstić information content (AvgIpc) is 2.30. The maximum Gasteiger partial charge on any atom is 0.0621 e. The fourth-order valence-electron chi connectivity index (χ4n) is 2.12. The van der Waals surface area contributed by atoms with E-state index in [0.29, 0.717) is 12.1 Å². The van der Waals surface area contributed by atoms with Gasteiger partial charge in [-0.2, -0.15) is 0 Å². The van der Waals surface area contributed by atoms with E-state index in [1.165, 1.54) is 0 Å². The molecule has 0 aromatic heterocycles. The summed E-state index contributed by atoms with van der Waals surface area (Å²) in [6.07, 6.45) is 1.08. The second-order valence-electron chi connectivity index (χ2n) is 4.52. The van der Waals surface area contributed by atoms with E-state index in [1.807, 2.05) is 12.1 Å². The lowest BCUT2D eigenvalue weighted by atomic mass is 10.1. The van der Waals surface area contributed by atoms with Crippen LogP contribution >= 0.6 is 15.9 Å². The Bertz CT molecular complexity index is 353. The Morgan fingerprint density at radius 1 is 1.59 bits per heavy atom. The van der Waals surface area contributed by atoms with Gasteiger partial charge in [-0.05, 0) is 31.5 Å². The van der Waals surface area contributed by atoms with E-state index >= 15 is 0 Å². The molecule has 0 radical (unpaired) electrons. The van der Waals surface area contributed by atoms with Gasteiger partial charge in [0, 0.05) is 28.8 Å². The Morgan fingerprint density at radius 2 is 2.47 bits per heavy atom. The summed E-state index contributed by atoms with van der Waals surface area (Å²) in [6.45, 7) is 4.83. The summed E-state index contributed by atoms with van der Waals surface area (Å²) >= 11 is 3.48. The average molecular weight is 299 g/mol. The van der Waals surface area contributed by atoms with Crippen LogP contribution in [0.25, 0.3) is 0 Å². The summed E-state index contributed by atoms with van der Waals surface area (Å²) in [6, 6.07) is 9.17. The molecule has 2 N–H and O–H groups in total. The molecule has 1 saturated heterocycles. The molecule has 2 unspecified atom stereocenters. The number of morpholine rings is 1. The van der Waals surface area contributed by atoms with E-state index in [9.17, 15) is 0 Å². The Labute approximate surface area is 111 Å². The number of benzene rings is 1. The molecule has 0 bridgehead atoms. The van der Waals surface area contributed by atoms with Gasteiger partial charge in [-0.15, -0.1) is 0 Å². The lowest BCUT2D eigenvalue weighted by molar-refractivity contribution is 0.0731. The number of anilines is 1. The first-order valence-electron chi connectivity index (χ1n) is 6.07. The second kappa shape index (κ2) is 6.38. The van der Waals surface area contributed by atoms with Gasteiger partial charge in [-0.25, -0.2) is 0 Å². The molecule has 1 aliphatic rings. The number of hydrogen-bond donors (Lipinski definition) is 2. The SMILES string of the molecule is CC(CC1COCCN1)Nc1cccc(Br)c1. The Balaban J connectivity index is 1.82. The Morgan fingerprint density at radius 3 is 3.18 bits per heavy atom. The van der Waals surface area contributed by atoms with Crippen molar-refractivity contribution >= 4 is 21.6 Å². The van der Waals surface area contributed by atoms with E-state index in [-0.39, 0.29) is 0 Å². The zero-order chi connectivity index (χ0) is 12.1. The molecule has 2 atom stereocenters. The molecule has 17 heavy (non-hydrogen) atoms. The molecule has 0 saturated carbocycles. The first-order chi connectivity index (χ1) is 8.24. The van der Waals surface area contributed by atoms with E-state index in [4.69, 9.17) is 4.74 Å². The van der Waals surface area contributed by atoms with Gasteiger partial charge >= 0.3 is 0 Å². The molecule has 4 heteroatoms. The number of hydrogen-bond acceptors (Lipinski definition) is 3. The van der Waals surface area contributed by atoms with Crippen LogP contribution in [0, 0.1) is 0 Å². The van der Waals surface area contributed by atoms with Crippen molar-refractivity contribution in [1.82, 2.24) is 5.32 Å². The minimum Gasteiger partial charge on any atom is -0.382 e. The smallest absolute Gasteiger partial charge is 0.0621 e. The van der Waals surface area contributed by atoms with Gasteiger partial charge in [0.1, 0.15) is 0 Å². The van der Waals surface area contributed by atoms with Gasteiger partial charge in [-0.3, -0.25) is 0 Å². The van der Waals surface area contributed by atoms with Gasteiger partial charge in [0.25, 0.3) is 0 Å². The van der Waals surface area contributed by atoms with Crippen LogP contribution in [0.5, 0.6) is 0 Å². The molecule has 1 fully saturated rings. The maximum absolute atomic E-state index is 5.45. The lowest BCUT2D eigenvalue weighted by Crippen LogP contribution is -2.43. The zero-order valence-corrected chi connectivity index (χ0v) is 11.7. The third kappa shape index (κ3) is 4.30. The van der Waals surface area contributed by atoms with Crippen LogP contribution in [-0.4, -0.2) is 31.8 Å². The summed E-state index contributed by atoms with van der Waals surface area (Å²) in [5.74, 6) is 0. The molecule has 94 valence electrons. The van der Waals surface area contributed by atoms with Crippen LogP contribution in [0.1, 0.15) is 13.3 Å². The highest BCUT2D eigenvalue weighted by molar-refractivity contribution is 9.10. The molecule has 3 nitrogen and oxygen atoms in total. The maximum atomic E-state index is 5.45. The normalized spacial score (nSPS) is 22.1. The minimum absolute atomic E-state index is 0.434. The summed E-state index contributed by atoms with van der Waals surface area (Å²) in [4.78, 5) is 0. The van der Waals surface area contributed by atoms with Crippen LogP contribution in [0.15, 0.2) is 28.7 Å². The fourth-order valence-corrected chi connectivity index (χ4v) is 2.52. The van der Waals surface area contributed by atoms with Gasteiger partial charge in [0.2, 0.25) is 0 Å². The Hall–Kier alpha value is -0.580. The quantitative estimate of drug-likeness (QED) is 0.896. The fraction of sp³-hybridized carbons (Fsp3) is 0.538. The molecule has 2 rings (SSSR count). The molecular formula is C13H19BrN2O. The van der Waals surface area contributed by atoms with Crippen LogP contribution < -0.4 is 10.6 Å². The van der Waals surface area contributed by atoms with Gasteiger partial charge < -0.3 is 15.4 Å². The monoisotopic (exact) mass is 298 g/mol. The van der Waals surface area contributed by atoms with Crippen molar-refractivity contribution in [2.75, 3.05) is 25.1 Å². The minimum atomic E-state index is 0.434. The molecule has 0 aliphatic carbocycles. The number of halogens is 1. The van der Waals surface area contributed by atoms with Gasteiger partial charge in [0.15, 0.2) is 0 Å². The first kappa shape index (κ1) is 12.9. The summed E-state index contributed by atoms with van der Waals surface area (Å²) in [7, 11) is 0. The van der Waals surface area contributed by atoms with Gasteiger partial charge in [-0.1, -0.05) is 22.0 Å². The summed E-state index contributed by atoms with van der Waals surface area (Å²) in [5.41, 5.74) is 1.16. The predicted octanol–water partition coefficient (Wildman–Crippen LogP) is 2.63. The Kier molecular flexibility index (Phi) is 4.83. The van der Waals surface area contributed by atoms with Crippen LogP contribution in [0.2, 0.25) is 0 Å². The molecule has 0 spiro atoms. The third-order valence-electron chi connectivity index (χ3n) is 2.87. The highest BCUT2D eigenvalue weighted by Crippen LogP contribution is 2.17. The third-order valence-corrected chi connectivity index (χ3v) is 3.37. The molecule has 1 aromatic rings. The van der Waals surface area contributed by atoms with Crippen molar-refractivity contribution in [3.05, 3.63) is 28.7 Å². The predicted molar refractivity (Wildman–Crippen MR) is 74.5 cm³/mol. The molecule has 1 heterocycles. The lowest BCUT2D eigenvalue weighted by Gasteiger charge is -2.27. The highest BCUT2D eigenvalue weighted by atomic mass is 79.9. The molecular weight excluding hydrogens is 280 g/mol. The zero-order valence-electron chi connectivity index (χ0n) is 10.1. The first-order valence-corrected chi connectivity index (χ1v) is 6.86. The van der Waals surface area contributed by atoms with Crippen LogP contribution in [0.3, 0.4) is 0 Å². The van der Waals surface area contributed by atoms with E-state index < -0.39 is 0 Å². The summed E-state index contributed by atoms with van der Waals surface area (Å²) < 4.78 is 6.56. The van der Waals surface area contributed by atoms with Crippen molar-refractivity contribution in [3.8, 4) is 0 Å². The topological polar surface area (TPSA) is 33.3 Å². The van der Waals surface area contributed by atoms with Crippen LogP contribution in [-0.2, 0) is 4.74 Å². The van der Waals surface area contributed by atoms with E-state index in [2.05, 4.69) is 45.6 Å². The molecule has 0 amide bonds. The number of ether oxygens (including phenoxy) is 1. The largest absolute Gasteiger partial charge is 0.382 e. The highest BCUT2D eigenvalue weighted by Gasteiger charge is 2.15. The molecule has 1 aromatic carbocycles. The standard InChI is InChI=1S/C13H19BrN2O/c1-10(7-13-9-17-6-5-15-13)16-12-4-2-3-11(14)8-12/h2-4,8,10,13,15-16H,5-7,9H2,1H3. The number of nitrogens with one attached hydrogen (secondary N) is 2. The van der Waals surface area contributed by atoms with Crippen molar-refractivity contribution < 1.29 is 4.74 Å². The van der Waals surface area contributed by atoms with Crippen LogP contribution in [0.4, 0.5) is 5.69 Å². The van der Waals surface area contributed by atoms with Crippen molar-refractivity contribution in [3.63, 3.8) is 0 Å². The second-order valence-corrected chi connectivity index (χ2v) is 5.43. The summed E-state index contributed by atoms with van der Waals surface area (Å²) in [5, 5.41) is 6.98. The van der Waals surface area contributed by atoms with E-state index in [1.54, 1.807) is 0 Å². The van der Waals surface area contributed by atoms with Crippen molar-refractivity contribution in [2.45, 2.75) is 25.4 Å². The number of rotatable bonds is 4. The molecule has 1 aliphatic heterocycles. The van der Waals surface area contributed by atoms with Crippen molar-refractivity contribution in [2.24, 2.45) is 0 Å². The van der Waals surface area contributed by atoms with Gasteiger partial charge in [0.05, 0.1) is 13.2 Å². The van der Waals surface area contributed by atoms with E-state index in [0.717, 1.165) is 36.3 Å². The van der Waals surface area contributed by atoms with Crippen molar-refractivity contribution in [1.29, 1.82) is 0 Å².